The van der Waals surface area contributed by atoms with Crippen molar-refractivity contribution in [2.75, 3.05) is 9.80 Å². The maximum Gasteiger partial charge on any atom is 0.0991 e. The van der Waals surface area contributed by atoms with E-state index in [4.69, 9.17) is 0 Å². The minimum Gasteiger partial charge on any atom is -0.311 e. The summed E-state index contributed by atoms with van der Waals surface area (Å²) in [6, 6.07) is 47.0. The molecule has 0 fully saturated rings. The van der Waals surface area contributed by atoms with Gasteiger partial charge in [-0.25, -0.2) is 0 Å². The molecule has 0 saturated heterocycles. The summed E-state index contributed by atoms with van der Waals surface area (Å²) in [5.41, 5.74) is 11.9. The van der Waals surface area contributed by atoms with Crippen molar-refractivity contribution in [3.05, 3.63) is 173 Å². The van der Waals surface area contributed by atoms with E-state index < -0.39 is 0 Å². The number of anilines is 5. The Morgan fingerprint density at radius 3 is 1.27 bits per heavy atom. The molecule has 1 atom stereocenters. The lowest BCUT2D eigenvalue weighted by molar-refractivity contribution is 0.590. The first-order chi connectivity index (χ1) is 24.9. The predicted octanol–water partition coefficient (Wildman–Crippen LogP) is 12.9. The van der Waals surface area contributed by atoms with Crippen LogP contribution in [-0.2, 0) is 10.8 Å². The summed E-state index contributed by atoms with van der Waals surface area (Å²) in [6.45, 7) is 13.4. The van der Waals surface area contributed by atoms with E-state index in [1.165, 1.54) is 11.1 Å². The standard InChI is InChI=1S/C48H46N4/c1-47(2,3)39-17-29-45(30-18-39)51(43-25-13-37(33-49)14-26-43)41-21-9-35(10-22-41)7-8-36-11-23-42(24-12-36)52(44-27-15-38(34-50)16-28-44)46-31-19-40(20-32-46)48(4,5)6/h7-15,17-32,38H,16H2,1-6H3/b8-7+. The van der Waals surface area contributed by atoms with Crippen LogP contribution < -0.4 is 9.80 Å². The predicted molar refractivity (Wildman–Crippen MR) is 218 cm³/mol. The third-order valence-corrected chi connectivity index (χ3v) is 9.51. The first kappa shape index (κ1) is 35.7. The van der Waals surface area contributed by atoms with Gasteiger partial charge in [0.15, 0.2) is 0 Å². The molecule has 0 N–H and O–H groups in total. The zero-order valence-corrected chi connectivity index (χ0v) is 31.0. The normalized spacial score (nSPS) is 14.4. The minimum atomic E-state index is -0.0885. The van der Waals surface area contributed by atoms with E-state index in [-0.39, 0.29) is 16.7 Å². The van der Waals surface area contributed by atoms with Crippen molar-refractivity contribution in [2.45, 2.75) is 58.8 Å². The highest BCUT2D eigenvalue weighted by molar-refractivity contribution is 5.79. The number of benzene rings is 5. The molecule has 0 bridgehead atoms. The van der Waals surface area contributed by atoms with Gasteiger partial charge in [0.2, 0.25) is 0 Å². The molecule has 4 nitrogen and oxygen atoms in total. The van der Waals surface area contributed by atoms with Crippen LogP contribution in [0.25, 0.3) is 12.2 Å². The summed E-state index contributed by atoms with van der Waals surface area (Å²) in [4.78, 5) is 4.48. The molecule has 0 saturated carbocycles. The van der Waals surface area contributed by atoms with Crippen molar-refractivity contribution in [1.29, 1.82) is 10.5 Å². The summed E-state index contributed by atoms with van der Waals surface area (Å²) in [5, 5.41) is 18.8. The Balaban J connectivity index is 1.24. The monoisotopic (exact) mass is 678 g/mol. The Bertz CT molecular complexity index is 2160. The summed E-state index contributed by atoms with van der Waals surface area (Å²) in [7, 11) is 0. The number of nitriles is 2. The Hall–Kier alpha value is -6.10. The zero-order chi connectivity index (χ0) is 36.9. The van der Waals surface area contributed by atoms with Gasteiger partial charge in [-0.05, 0) is 118 Å². The number of allylic oxidation sites excluding steroid dienone is 3. The van der Waals surface area contributed by atoms with E-state index in [0.717, 1.165) is 45.3 Å². The van der Waals surface area contributed by atoms with Crippen LogP contribution in [0, 0.1) is 28.6 Å². The SMILES string of the molecule is CC(C)(C)c1ccc(N(C2=CCC(C#N)C=C2)c2ccc(/C=C/c3ccc(N(c4ccc(C#N)cc4)c4ccc(C(C)(C)C)cc4)cc3)cc2)cc1. The largest absolute Gasteiger partial charge is 0.311 e. The van der Waals surface area contributed by atoms with Crippen LogP contribution in [0.2, 0.25) is 0 Å². The highest BCUT2D eigenvalue weighted by atomic mass is 15.1. The zero-order valence-electron chi connectivity index (χ0n) is 31.0. The van der Waals surface area contributed by atoms with E-state index in [0.29, 0.717) is 12.0 Å². The molecule has 4 heteroatoms. The smallest absolute Gasteiger partial charge is 0.0991 e. The molecular formula is C48H46N4. The molecule has 0 aliphatic heterocycles. The van der Waals surface area contributed by atoms with Crippen molar-refractivity contribution >= 4 is 40.6 Å². The van der Waals surface area contributed by atoms with Gasteiger partial charge < -0.3 is 9.80 Å². The number of hydrogen-bond donors (Lipinski definition) is 0. The molecule has 5 aromatic rings. The van der Waals surface area contributed by atoms with Crippen LogP contribution in [0.3, 0.4) is 0 Å². The molecule has 1 aliphatic carbocycles. The van der Waals surface area contributed by atoms with Crippen molar-refractivity contribution < 1.29 is 0 Å². The number of nitrogens with zero attached hydrogens (tertiary/aromatic N) is 4. The first-order valence-electron chi connectivity index (χ1n) is 17.9. The van der Waals surface area contributed by atoms with Gasteiger partial charge in [0.05, 0.1) is 23.6 Å². The lowest BCUT2D eigenvalue weighted by atomic mass is 9.87. The van der Waals surface area contributed by atoms with Crippen LogP contribution in [0.1, 0.15) is 75.8 Å². The molecule has 0 amide bonds. The van der Waals surface area contributed by atoms with Gasteiger partial charge in [-0.3, -0.25) is 0 Å². The lowest BCUT2D eigenvalue weighted by Gasteiger charge is -2.29. The van der Waals surface area contributed by atoms with Crippen LogP contribution in [0.5, 0.6) is 0 Å². The van der Waals surface area contributed by atoms with E-state index in [1.807, 2.05) is 30.3 Å². The highest BCUT2D eigenvalue weighted by Crippen LogP contribution is 2.37. The average molecular weight is 679 g/mol. The lowest BCUT2D eigenvalue weighted by Crippen LogP contribution is -2.18. The second-order valence-corrected chi connectivity index (χ2v) is 15.4. The summed E-state index contributed by atoms with van der Waals surface area (Å²) in [6.07, 6.45) is 11.2. The molecule has 0 spiro atoms. The summed E-state index contributed by atoms with van der Waals surface area (Å²) >= 11 is 0. The van der Waals surface area contributed by atoms with Gasteiger partial charge in [0.1, 0.15) is 0 Å². The van der Waals surface area contributed by atoms with Crippen molar-refractivity contribution in [1.82, 2.24) is 0 Å². The van der Waals surface area contributed by atoms with Gasteiger partial charge in [-0.2, -0.15) is 10.5 Å². The van der Waals surface area contributed by atoms with Crippen molar-refractivity contribution in [3.8, 4) is 12.1 Å². The molecule has 0 radical (unpaired) electrons. The fraction of sp³-hybridized carbons (Fsp3) is 0.208. The molecule has 1 aliphatic rings. The first-order valence-corrected chi connectivity index (χ1v) is 17.9. The minimum absolute atomic E-state index is 0.0664. The topological polar surface area (TPSA) is 54.1 Å². The maximum atomic E-state index is 9.44. The van der Waals surface area contributed by atoms with E-state index in [1.54, 1.807) is 0 Å². The molecular weight excluding hydrogens is 633 g/mol. The van der Waals surface area contributed by atoms with Crippen LogP contribution in [0.15, 0.2) is 145 Å². The Labute approximate surface area is 309 Å². The Morgan fingerprint density at radius 1 is 0.538 bits per heavy atom. The maximum absolute atomic E-state index is 9.44. The molecule has 0 aromatic heterocycles. The fourth-order valence-electron chi connectivity index (χ4n) is 6.33. The van der Waals surface area contributed by atoms with Crippen LogP contribution >= 0.6 is 0 Å². The quantitative estimate of drug-likeness (QED) is 0.153. The highest BCUT2D eigenvalue weighted by Gasteiger charge is 2.20. The van der Waals surface area contributed by atoms with Gasteiger partial charge in [0, 0.05) is 34.1 Å². The van der Waals surface area contributed by atoms with Gasteiger partial charge in [-0.15, -0.1) is 0 Å². The number of rotatable bonds is 8. The van der Waals surface area contributed by atoms with E-state index in [9.17, 15) is 10.5 Å². The second kappa shape index (κ2) is 15.0. The molecule has 5 aromatic carbocycles. The second-order valence-electron chi connectivity index (χ2n) is 15.4. The van der Waals surface area contributed by atoms with Crippen LogP contribution in [-0.4, -0.2) is 0 Å². The van der Waals surface area contributed by atoms with Gasteiger partial charge in [0.25, 0.3) is 0 Å². The number of hydrogen-bond acceptors (Lipinski definition) is 4. The van der Waals surface area contributed by atoms with E-state index in [2.05, 4.69) is 185 Å². The van der Waals surface area contributed by atoms with Crippen molar-refractivity contribution in [3.63, 3.8) is 0 Å². The van der Waals surface area contributed by atoms with E-state index >= 15 is 0 Å². The molecule has 258 valence electrons. The Kier molecular flexibility index (Phi) is 10.3. The van der Waals surface area contributed by atoms with Gasteiger partial charge in [-0.1, -0.05) is 114 Å². The molecule has 52 heavy (non-hydrogen) atoms. The summed E-state index contributed by atoms with van der Waals surface area (Å²) in [5.74, 6) is -0.0885. The molecule has 0 heterocycles. The summed E-state index contributed by atoms with van der Waals surface area (Å²) < 4.78 is 0. The van der Waals surface area contributed by atoms with Crippen LogP contribution in [0.4, 0.5) is 28.4 Å². The van der Waals surface area contributed by atoms with Gasteiger partial charge >= 0.3 is 0 Å². The molecule has 6 rings (SSSR count). The molecule has 1 unspecified atom stereocenters. The third kappa shape index (κ3) is 8.26. The average Bonchev–Trinajstić information content (AvgIpc) is 3.15. The van der Waals surface area contributed by atoms with Crippen molar-refractivity contribution in [2.24, 2.45) is 5.92 Å². The fourth-order valence-corrected chi connectivity index (χ4v) is 6.33. The third-order valence-electron chi connectivity index (χ3n) is 9.51. The Morgan fingerprint density at radius 2 is 0.923 bits per heavy atom.